The van der Waals surface area contributed by atoms with E-state index in [0.717, 1.165) is 10.4 Å². The zero-order valence-electron chi connectivity index (χ0n) is 15.5. The summed E-state index contributed by atoms with van der Waals surface area (Å²) in [6.45, 7) is 5.46. The van der Waals surface area contributed by atoms with E-state index in [1.165, 1.54) is 11.3 Å². The third-order valence-electron chi connectivity index (χ3n) is 4.37. The van der Waals surface area contributed by atoms with Crippen molar-refractivity contribution in [3.8, 4) is 0 Å². The van der Waals surface area contributed by atoms with Crippen LogP contribution in [0.1, 0.15) is 23.1 Å². The minimum absolute atomic E-state index is 0.134. The van der Waals surface area contributed by atoms with E-state index in [9.17, 15) is 4.79 Å². The number of carbonyl (C=O) groups is 1. The molecule has 0 N–H and O–H groups in total. The maximum absolute atomic E-state index is 13.4. The number of aromatic nitrogens is 5. The molecule has 4 rings (SSSR count). The molecule has 0 radical (unpaired) electrons. The Labute approximate surface area is 171 Å². The van der Waals surface area contributed by atoms with Gasteiger partial charge in [-0.2, -0.15) is 10.2 Å². The molecular formula is C19H19ClN6OS. The molecular weight excluding hydrogens is 396 g/mol. The van der Waals surface area contributed by atoms with Gasteiger partial charge in [0.1, 0.15) is 11.2 Å². The zero-order valence-corrected chi connectivity index (χ0v) is 17.1. The van der Waals surface area contributed by atoms with Crippen LogP contribution in [0.4, 0.5) is 5.13 Å². The van der Waals surface area contributed by atoms with Gasteiger partial charge in [0.05, 0.1) is 22.0 Å². The second-order valence-corrected chi connectivity index (χ2v) is 7.71. The third kappa shape index (κ3) is 3.53. The minimum Gasteiger partial charge on any atom is -0.281 e. The van der Waals surface area contributed by atoms with Crippen molar-refractivity contribution >= 4 is 44.2 Å². The molecule has 0 bridgehead atoms. The number of nitrogens with zero attached hydrogens (tertiary/aromatic N) is 6. The Morgan fingerprint density at radius 1 is 1.32 bits per heavy atom. The lowest BCUT2D eigenvalue weighted by molar-refractivity contribution is 0.0975. The predicted octanol–water partition coefficient (Wildman–Crippen LogP) is 4.02. The average molecular weight is 415 g/mol. The number of thiazole rings is 1. The van der Waals surface area contributed by atoms with Crippen molar-refractivity contribution in [2.45, 2.75) is 26.9 Å². The van der Waals surface area contributed by atoms with Gasteiger partial charge in [-0.25, -0.2) is 4.98 Å². The fourth-order valence-electron chi connectivity index (χ4n) is 3.03. The normalized spacial score (nSPS) is 11.2. The fraction of sp³-hybridized carbons (Fsp3) is 0.263. The number of amides is 1. The van der Waals surface area contributed by atoms with Crippen LogP contribution in [-0.2, 0) is 13.1 Å². The molecule has 3 heterocycles. The second kappa shape index (κ2) is 7.73. The number of benzene rings is 1. The average Bonchev–Trinajstić information content (AvgIpc) is 3.41. The van der Waals surface area contributed by atoms with Gasteiger partial charge in [0.15, 0.2) is 5.13 Å². The third-order valence-corrected chi connectivity index (χ3v) is 5.72. The number of anilines is 1. The Balaban J connectivity index is 1.73. The summed E-state index contributed by atoms with van der Waals surface area (Å²) in [6, 6.07) is 9.32. The van der Waals surface area contributed by atoms with Gasteiger partial charge in [-0.15, -0.1) is 0 Å². The van der Waals surface area contributed by atoms with Crippen molar-refractivity contribution in [2.24, 2.45) is 0 Å². The van der Waals surface area contributed by atoms with Gasteiger partial charge in [-0.3, -0.25) is 19.1 Å². The highest BCUT2D eigenvalue weighted by atomic mass is 35.5. The molecule has 0 spiro atoms. The van der Waals surface area contributed by atoms with Crippen LogP contribution in [0.25, 0.3) is 10.2 Å². The van der Waals surface area contributed by atoms with Gasteiger partial charge >= 0.3 is 0 Å². The van der Waals surface area contributed by atoms with Crippen molar-refractivity contribution in [1.29, 1.82) is 0 Å². The molecule has 0 fully saturated rings. The Morgan fingerprint density at radius 2 is 2.18 bits per heavy atom. The molecule has 1 aromatic carbocycles. The van der Waals surface area contributed by atoms with Crippen LogP contribution in [-0.4, -0.2) is 37.0 Å². The van der Waals surface area contributed by atoms with Gasteiger partial charge in [0.25, 0.3) is 5.91 Å². The Morgan fingerprint density at radius 3 is 2.89 bits per heavy atom. The molecule has 0 aliphatic heterocycles. The van der Waals surface area contributed by atoms with Crippen LogP contribution in [0.5, 0.6) is 0 Å². The molecule has 0 unspecified atom stereocenters. The minimum atomic E-state index is -0.134. The molecule has 1 amide bonds. The Kier molecular flexibility index (Phi) is 5.15. The van der Waals surface area contributed by atoms with Crippen LogP contribution < -0.4 is 4.90 Å². The number of aryl methyl sites for hydroxylation is 2. The molecule has 3 aromatic heterocycles. The number of fused-ring (bicyclic) bond motifs is 1. The van der Waals surface area contributed by atoms with E-state index in [2.05, 4.69) is 15.2 Å². The van der Waals surface area contributed by atoms with Crippen molar-refractivity contribution in [2.75, 3.05) is 11.4 Å². The van der Waals surface area contributed by atoms with E-state index >= 15 is 0 Å². The molecule has 9 heteroatoms. The summed E-state index contributed by atoms with van der Waals surface area (Å²) in [4.78, 5) is 19.8. The predicted molar refractivity (Wildman–Crippen MR) is 111 cm³/mol. The van der Waals surface area contributed by atoms with Gasteiger partial charge in [-0.1, -0.05) is 29.0 Å². The Hall–Kier alpha value is -2.71. The standard InChI is InChI=1S/C19H19ClN6OS/c1-3-26-15(12-13(2)23-26)18(27)25(11-10-24-9-5-8-21-24)19-22-17-14(20)6-4-7-16(17)28-19/h4-9,12H,3,10-11H2,1-2H3. The first-order valence-electron chi connectivity index (χ1n) is 8.95. The van der Waals surface area contributed by atoms with Crippen molar-refractivity contribution in [3.63, 3.8) is 0 Å². The van der Waals surface area contributed by atoms with Crippen LogP contribution >= 0.6 is 22.9 Å². The lowest BCUT2D eigenvalue weighted by atomic mass is 10.3. The summed E-state index contributed by atoms with van der Waals surface area (Å²) in [5.74, 6) is -0.134. The van der Waals surface area contributed by atoms with Crippen LogP contribution in [0, 0.1) is 6.92 Å². The number of hydrogen-bond donors (Lipinski definition) is 0. The van der Waals surface area contributed by atoms with E-state index in [0.29, 0.717) is 41.0 Å². The summed E-state index contributed by atoms with van der Waals surface area (Å²) >= 11 is 7.74. The summed E-state index contributed by atoms with van der Waals surface area (Å²) in [5, 5.41) is 9.83. The summed E-state index contributed by atoms with van der Waals surface area (Å²) < 4.78 is 4.46. The van der Waals surface area contributed by atoms with Crippen LogP contribution in [0.2, 0.25) is 5.02 Å². The maximum Gasteiger partial charge on any atom is 0.278 e. The number of rotatable bonds is 6. The second-order valence-electron chi connectivity index (χ2n) is 6.30. The first-order chi connectivity index (χ1) is 13.6. The maximum atomic E-state index is 13.4. The largest absolute Gasteiger partial charge is 0.281 e. The van der Waals surface area contributed by atoms with Crippen LogP contribution in [0.15, 0.2) is 42.7 Å². The van der Waals surface area contributed by atoms with E-state index in [1.54, 1.807) is 26.5 Å². The van der Waals surface area contributed by atoms with Crippen molar-refractivity contribution < 1.29 is 4.79 Å². The monoisotopic (exact) mass is 414 g/mol. The molecule has 144 valence electrons. The van der Waals surface area contributed by atoms with E-state index in [4.69, 9.17) is 11.6 Å². The Bertz CT molecular complexity index is 1120. The van der Waals surface area contributed by atoms with E-state index in [1.807, 2.05) is 44.3 Å². The topological polar surface area (TPSA) is 68.8 Å². The summed E-state index contributed by atoms with van der Waals surface area (Å²) in [6.07, 6.45) is 3.59. The quantitative estimate of drug-likeness (QED) is 0.478. The first kappa shape index (κ1) is 18.6. The summed E-state index contributed by atoms with van der Waals surface area (Å²) in [7, 11) is 0. The van der Waals surface area contributed by atoms with E-state index < -0.39 is 0 Å². The molecule has 0 aliphatic carbocycles. The van der Waals surface area contributed by atoms with Gasteiger partial charge in [0.2, 0.25) is 0 Å². The molecule has 28 heavy (non-hydrogen) atoms. The van der Waals surface area contributed by atoms with Gasteiger partial charge in [-0.05, 0) is 38.1 Å². The molecule has 7 nitrogen and oxygen atoms in total. The highest BCUT2D eigenvalue weighted by molar-refractivity contribution is 7.22. The highest BCUT2D eigenvalue weighted by Crippen LogP contribution is 2.33. The molecule has 4 aromatic rings. The SMILES string of the molecule is CCn1nc(C)cc1C(=O)N(CCn1cccn1)c1nc2c(Cl)cccc2s1. The van der Waals surface area contributed by atoms with Crippen molar-refractivity contribution in [1.82, 2.24) is 24.5 Å². The van der Waals surface area contributed by atoms with Crippen molar-refractivity contribution in [3.05, 3.63) is 59.1 Å². The fourth-order valence-corrected chi connectivity index (χ4v) is 4.32. The van der Waals surface area contributed by atoms with Crippen LogP contribution in [0.3, 0.4) is 0 Å². The number of halogens is 1. The highest BCUT2D eigenvalue weighted by Gasteiger charge is 2.25. The van der Waals surface area contributed by atoms with Gasteiger partial charge in [0, 0.05) is 25.5 Å². The number of para-hydroxylation sites is 1. The molecule has 0 aliphatic rings. The van der Waals surface area contributed by atoms with E-state index in [-0.39, 0.29) is 5.91 Å². The molecule has 0 atom stereocenters. The number of carbonyl (C=O) groups excluding carboxylic acids is 1. The smallest absolute Gasteiger partial charge is 0.278 e. The summed E-state index contributed by atoms with van der Waals surface area (Å²) in [5.41, 5.74) is 2.07. The molecule has 0 saturated carbocycles. The first-order valence-corrected chi connectivity index (χ1v) is 10.1. The lowest BCUT2D eigenvalue weighted by Gasteiger charge is -2.20. The zero-order chi connectivity index (χ0) is 19.7. The lowest BCUT2D eigenvalue weighted by Crippen LogP contribution is -2.35. The number of hydrogen-bond acceptors (Lipinski definition) is 5. The molecule has 0 saturated heterocycles. The van der Waals surface area contributed by atoms with Gasteiger partial charge < -0.3 is 0 Å².